The normalized spacial score (nSPS) is 36.9. The van der Waals surface area contributed by atoms with E-state index in [0.29, 0.717) is 11.8 Å². The molecular weight excluding hydrogens is 396 g/mol. The summed E-state index contributed by atoms with van der Waals surface area (Å²) in [5, 5.41) is 0.774. The van der Waals surface area contributed by atoms with Gasteiger partial charge in [-0.3, -0.25) is 9.69 Å². The molecule has 5 rings (SSSR count). The highest BCUT2D eigenvalue weighted by atomic mass is 35.5. The minimum atomic E-state index is 0.0244. The van der Waals surface area contributed by atoms with Gasteiger partial charge in [-0.2, -0.15) is 0 Å². The maximum absolute atomic E-state index is 12.8. The molecule has 2 aliphatic carbocycles. The van der Waals surface area contributed by atoms with Crippen LogP contribution in [0.5, 0.6) is 0 Å². The van der Waals surface area contributed by atoms with Crippen LogP contribution in [-0.4, -0.2) is 49.7 Å². The van der Waals surface area contributed by atoms with E-state index in [1.165, 1.54) is 24.1 Å². The van der Waals surface area contributed by atoms with Gasteiger partial charge in [0.05, 0.1) is 5.92 Å². The van der Waals surface area contributed by atoms with E-state index in [1.54, 1.807) is 0 Å². The van der Waals surface area contributed by atoms with Crippen LogP contribution in [0, 0.1) is 23.2 Å². The molecule has 0 aromatic heterocycles. The van der Waals surface area contributed by atoms with Crippen LogP contribution < -0.4 is 4.90 Å². The number of nitrogens with zero attached hydrogens (tertiary/aromatic N) is 2. The molecule has 0 amide bonds. The number of esters is 1. The molecule has 1 aromatic rings. The van der Waals surface area contributed by atoms with E-state index in [0.717, 1.165) is 57.0 Å². The summed E-state index contributed by atoms with van der Waals surface area (Å²) in [6, 6.07) is 8.09. The monoisotopic (exact) mass is 428 g/mol. The lowest BCUT2D eigenvalue weighted by molar-refractivity contribution is -0.146. The van der Waals surface area contributed by atoms with Crippen molar-refractivity contribution < 1.29 is 9.53 Å². The number of hydrogen-bond donors (Lipinski definition) is 0. The van der Waals surface area contributed by atoms with Crippen molar-refractivity contribution in [2.24, 2.45) is 23.2 Å². The van der Waals surface area contributed by atoms with Gasteiger partial charge in [0, 0.05) is 49.4 Å². The molecule has 2 aliphatic heterocycles. The van der Waals surface area contributed by atoms with Gasteiger partial charge >= 0.3 is 5.97 Å². The number of carbonyl (C=O) groups is 1. The first kappa shape index (κ1) is 20.4. The fraction of sp³-hybridized carbons (Fsp3) is 0.640. The van der Waals surface area contributed by atoms with E-state index < -0.39 is 0 Å². The van der Waals surface area contributed by atoms with Crippen molar-refractivity contribution in [3.8, 4) is 0 Å². The second-order valence-electron chi connectivity index (χ2n) is 10.2. The van der Waals surface area contributed by atoms with Crippen molar-refractivity contribution in [2.75, 3.05) is 37.6 Å². The van der Waals surface area contributed by atoms with Crippen LogP contribution >= 0.6 is 11.6 Å². The molecule has 0 spiro atoms. The Morgan fingerprint density at radius 2 is 1.93 bits per heavy atom. The summed E-state index contributed by atoms with van der Waals surface area (Å²) in [6.45, 7) is 11.6. The van der Waals surface area contributed by atoms with Gasteiger partial charge in [0.25, 0.3) is 0 Å². The van der Waals surface area contributed by atoms with Crippen molar-refractivity contribution in [3.05, 3.63) is 41.4 Å². The van der Waals surface area contributed by atoms with E-state index in [-0.39, 0.29) is 23.4 Å². The van der Waals surface area contributed by atoms with E-state index in [9.17, 15) is 4.79 Å². The Morgan fingerprint density at radius 1 is 1.20 bits per heavy atom. The molecule has 2 unspecified atom stereocenters. The molecule has 2 heterocycles. The number of fused-ring (bicyclic) bond motifs is 2. The summed E-state index contributed by atoms with van der Waals surface area (Å²) in [5.74, 6) is 0.986. The van der Waals surface area contributed by atoms with E-state index >= 15 is 0 Å². The standard InChI is InChI=1S/C25H33ClN2O2/c1-17-4-3-9-25(2)15-23-20(14-22(17)25)21(24(29)30-23)16-27-10-12-28(13-11-27)19-7-5-18(26)6-8-19/h5-8,20-23H,1,3-4,9-16H2,2H3/t20-,21?,22?,23-,25-/m1/s1. The van der Waals surface area contributed by atoms with Gasteiger partial charge in [-0.25, -0.2) is 0 Å². The third kappa shape index (κ3) is 3.67. The minimum absolute atomic E-state index is 0.0244. The first-order chi connectivity index (χ1) is 14.4. The maximum atomic E-state index is 12.8. The first-order valence-corrected chi connectivity index (χ1v) is 11.9. The molecule has 4 aliphatic rings. The number of ether oxygens (including phenoxy) is 1. The van der Waals surface area contributed by atoms with Gasteiger partial charge < -0.3 is 9.64 Å². The van der Waals surface area contributed by atoms with Gasteiger partial charge in [0.15, 0.2) is 0 Å². The number of anilines is 1. The van der Waals surface area contributed by atoms with Gasteiger partial charge in [-0.1, -0.05) is 30.7 Å². The highest BCUT2D eigenvalue weighted by Crippen LogP contribution is 2.56. The number of allylic oxidation sites excluding steroid dienone is 1. The average molecular weight is 429 g/mol. The van der Waals surface area contributed by atoms with E-state index in [1.807, 2.05) is 12.1 Å². The third-order valence-electron chi connectivity index (χ3n) is 8.34. The first-order valence-electron chi connectivity index (χ1n) is 11.5. The summed E-state index contributed by atoms with van der Waals surface area (Å²) in [6.07, 6.45) is 5.86. The van der Waals surface area contributed by atoms with Crippen LogP contribution in [-0.2, 0) is 9.53 Å². The highest BCUT2D eigenvalue weighted by molar-refractivity contribution is 6.30. The maximum Gasteiger partial charge on any atom is 0.310 e. The summed E-state index contributed by atoms with van der Waals surface area (Å²) >= 11 is 6.02. The largest absolute Gasteiger partial charge is 0.462 e. The van der Waals surface area contributed by atoms with Gasteiger partial charge in [-0.05, 0) is 67.7 Å². The Bertz CT molecular complexity index is 817. The summed E-state index contributed by atoms with van der Waals surface area (Å²) < 4.78 is 5.95. The molecule has 1 aromatic carbocycles. The molecular formula is C25H33ClN2O2. The number of piperazine rings is 1. The highest BCUT2D eigenvalue weighted by Gasteiger charge is 2.55. The van der Waals surface area contributed by atoms with Gasteiger partial charge in [0.1, 0.15) is 6.10 Å². The van der Waals surface area contributed by atoms with Crippen molar-refractivity contribution in [3.63, 3.8) is 0 Å². The van der Waals surface area contributed by atoms with Crippen molar-refractivity contribution in [1.29, 1.82) is 0 Å². The second kappa shape index (κ2) is 7.87. The zero-order valence-corrected chi connectivity index (χ0v) is 18.7. The Hall–Kier alpha value is -1.52. The summed E-state index contributed by atoms with van der Waals surface area (Å²) in [4.78, 5) is 17.7. The molecule has 162 valence electrons. The molecule has 2 saturated carbocycles. The Labute approximate surface area is 185 Å². The number of hydrogen-bond acceptors (Lipinski definition) is 4. The predicted octanol–water partition coefficient (Wildman–Crippen LogP) is 4.78. The zero-order valence-electron chi connectivity index (χ0n) is 18.0. The van der Waals surface area contributed by atoms with Crippen LogP contribution in [0.3, 0.4) is 0 Å². The Morgan fingerprint density at radius 3 is 2.67 bits per heavy atom. The summed E-state index contributed by atoms with van der Waals surface area (Å²) in [5.41, 5.74) is 2.91. The number of benzene rings is 1. The molecule has 0 radical (unpaired) electrons. The number of carbonyl (C=O) groups excluding carboxylic acids is 1. The number of halogens is 1. The van der Waals surface area contributed by atoms with Crippen LogP contribution in [0.1, 0.15) is 39.0 Å². The van der Waals surface area contributed by atoms with Gasteiger partial charge in [-0.15, -0.1) is 0 Å². The number of rotatable bonds is 3. The van der Waals surface area contributed by atoms with Crippen molar-refractivity contribution in [1.82, 2.24) is 4.90 Å². The SMILES string of the molecule is C=C1CCC[C@]2(C)C[C@H]3OC(=O)C(CN4CCN(c5ccc(Cl)cc5)CC4)[C@H]3CC12. The van der Waals surface area contributed by atoms with Crippen LogP contribution in [0.2, 0.25) is 5.02 Å². The fourth-order valence-corrected chi connectivity index (χ4v) is 6.71. The lowest BCUT2D eigenvalue weighted by Crippen LogP contribution is -2.50. The van der Waals surface area contributed by atoms with E-state index in [4.69, 9.17) is 16.3 Å². The average Bonchev–Trinajstić information content (AvgIpc) is 3.01. The van der Waals surface area contributed by atoms with Crippen molar-refractivity contribution >= 4 is 23.3 Å². The quantitative estimate of drug-likeness (QED) is 0.512. The molecule has 5 atom stereocenters. The second-order valence-corrected chi connectivity index (χ2v) is 10.6. The molecule has 2 saturated heterocycles. The topological polar surface area (TPSA) is 32.8 Å². The van der Waals surface area contributed by atoms with Crippen LogP contribution in [0.4, 0.5) is 5.69 Å². The lowest BCUT2D eigenvalue weighted by Gasteiger charge is -2.50. The summed E-state index contributed by atoms with van der Waals surface area (Å²) in [7, 11) is 0. The molecule has 5 heteroatoms. The molecule has 30 heavy (non-hydrogen) atoms. The predicted molar refractivity (Wildman–Crippen MR) is 121 cm³/mol. The minimum Gasteiger partial charge on any atom is -0.462 e. The molecule has 0 bridgehead atoms. The molecule has 0 N–H and O–H groups in total. The van der Waals surface area contributed by atoms with Crippen molar-refractivity contribution in [2.45, 2.75) is 45.1 Å². The molecule has 4 nitrogen and oxygen atoms in total. The fourth-order valence-electron chi connectivity index (χ4n) is 6.58. The van der Waals surface area contributed by atoms with Crippen LogP contribution in [0.25, 0.3) is 0 Å². The van der Waals surface area contributed by atoms with E-state index in [2.05, 4.69) is 35.4 Å². The smallest absolute Gasteiger partial charge is 0.310 e. The van der Waals surface area contributed by atoms with Gasteiger partial charge in [0.2, 0.25) is 0 Å². The zero-order chi connectivity index (χ0) is 20.9. The molecule has 4 fully saturated rings. The lowest BCUT2D eigenvalue weighted by atomic mass is 9.55. The van der Waals surface area contributed by atoms with Crippen LogP contribution in [0.15, 0.2) is 36.4 Å². The third-order valence-corrected chi connectivity index (χ3v) is 8.59. The Balaban J connectivity index is 1.22. The Kier molecular flexibility index (Phi) is 5.35.